The molecule has 0 saturated carbocycles. The molecule has 0 spiro atoms. The first-order valence-electron chi connectivity index (χ1n) is 12.2. The summed E-state index contributed by atoms with van der Waals surface area (Å²) < 4.78 is 17.1. The number of ether oxygens (including phenoxy) is 3. The fourth-order valence-corrected chi connectivity index (χ4v) is 5.75. The first-order chi connectivity index (χ1) is 17.2. The van der Waals surface area contributed by atoms with Crippen LogP contribution < -0.4 is 14.2 Å². The van der Waals surface area contributed by atoms with Crippen molar-refractivity contribution in [3.63, 3.8) is 0 Å². The summed E-state index contributed by atoms with van der Waals surface area (Å²) in [7, 11) is 3.33. The summed E-state index contributed by atoms with van der Waals surface area (Å²) >= 11 is 0. The van der Waals surface area contributed by atoms with Gasteiger partial charge < -0.3 is 14.2 Å². The highest BCUT2D eigenvalue weighted by Gasteiger charge is 2.31. The average Bonchev–Trinajstić information content (AvgIpc) is 2.91. The van der Waals surface area contributed by atoms with E-state index >= 15 is 0 Å². The van der Waals surface area contributed by atoms with Gasteiger partial charge in [-0.05, 0) is 94.9 Å². The second-order valence-corrected chi connectivity index (χ2v) is 9.37. The summed E-state index contributed by atoms with van der Waals surface area (Å²) in [6, 6.07) is 14.1. The lowest BCUT2D eigenvalue weighted by Gasteiger charge is -2.41. The minimum Gasteiger partial charge on any atom is -0.493 e. The van der Waals surface area contributed by atoms with Gasteiger partial charge in [-0.25, -0.2) is 4.79 Å². The lowest BCUT2D eigenvalue weighted by Crippen LogP contribution is -2.43. The van der Waals surface area contributed by atoms with E-state index in [1.807, 2.05) is 12.1 Å². The molecule has 2 aliphatic heterocycles. The molecule has 6 rings (SSSR count). The zero-order valence-corrected chi connectivity index (χ0v) is 20.0. The molecule has 1 aromatic heterocycles. The van der Waals surface area contributed by atoms with Crippen LogP contribution in [0.3, 0.4) is 0 Å². The molecule has 0 N–H and O–H groups in total. The van der Waals surface area contributed by atoms with Crippen LogP contribution in [-0.4, -0.2) is 42.7 Å². The molecular weight excluding hydrogens is 440 g/mol. The normalized spacial score (nSPS) is 17.6. The van der Waals surface area contributed by atoms with E-state index in [-0.39, 0.29) is 0 Å². The summed E-state index contributed by atoms with van der Waals surface area (Å²) in [4.78, 5) is 19.3. The molecule has 3 heterocycles. The van der Waals surface area contributed by atoms with Crippen LogP contribution in [-0.2, 0) is 13.0 Å². The minimum absolute atomic E-state index is 0.421. The zero-order chi connectivity index (χ0) is 23.9. The van der Waals surface area contributed by atoms with Gasteiger partial charge >= 0.3 is 5.97 Å². The van der Waals surface area contributed by atoms with Crippen molar-refractivity contribution in [3.8, 4) is 17.2 Å². The van der Waals surface area contributed by atoms with Gasteiger partial charge in [0.15, 0.2) is 11.5 Å². The Balaban J connectivity index is 1.54. The number of aromatic nitrogens is 1. The number of piperidine rings is 1. The maximum absolute atomic E-state index is 12.7. The molecule has 4 aromatic rings. The van der Waals surface area contributed by atoms with E-state index in [2.05, 4.69) is 28.1 Å². The van der Waals surface area contributed by atoms with Crippen molar-refractivity contribution in [2.24, 2.45) is 0 Å². The van der Waals surface area contributed by atoms with Gasteiger partial charge in [-0.1, -0.05) is 12.5 Å². The largest absolute Gasteiger partial charge is 0.493 e. The third-order valence-electron chi connectivity index (χ3n) is 7.48. The predicted octanol–water partition coefficient (Wildman–Crippen LogP) is 5.54. The Morgan fingerprint density at radius 1 is 0.943 bits per heavy atom. The number of methoxy groups -OCH3 is 2. The van der Waals surface area contributed by atoms with Gasteiger partial charge in [0.1, 0.15) is 5.75 Å². The second-order valence-electron chi connectivity index (χ2n) is 9.37. The van der Waals surface area contributed by atoms with E-state index in [1.54, 1.807) is 32.5 Å². The van der Waals surface area contributed by atoms with Gasteiger partial charge in [0.05, 0.1) is 19.8 Å². The van der Waals surface area contributed by atoms with Crippen LogP contribution in [0, 0.1) is 0 Å². The molecule has 0 aliphatic carbocycles. The van der Waals surface area contributed by atoms with Crippen molar-refractivity contribution >= 4 is 27.5 Å². The quantitative estimate of drug-likeness (QED) is 0.223. The molecule has 6 heteroatoms. The standard InChI is InChI=1S/C29H28N2O4/c1-33-27-14-24-22-12-19-7-3-4-11-31(19)17-26(22)21-9-8-20(13-23(21)25(24)15-28(27)34-2)35-29(32)18-6-5-10-30-16-18/h5-6,8-10,13-16,19H,3-4,7,11-12,17H2,1-2H3. The zero-order valence-electron chi connectivity index (χ0n) is 20.0. The predicted molar refractivity (Wildman–Crippen MR) is 136 cm³/mol. The van der Waals surface area contributed by atoms with Crippen molar-refractivity contribution in [3.05, 3.63) is 71.5 Å². The lowest BCUT2D eigenvalue weighted by molar-refractivity contribution is 0.0734. The third kappa shape index (κ3) is 3.78. The first kappa shape index (κ1) is 21.9. The van der Waals surface area contributed by atoms with Crippen molar-refractivity contribution in [2.45, 2.75) is 38.3 Å². The number of pyridine rings is 1. The summed E-state index contributed by atoms with van der Waals surface area (Å²) in [5, 5.41) is 4.52. The summed E-state index contributed by atoms with van der Waals surface area (Å²) in [6.07, 6.45) is 7.99. The Morgan fingerprint density at radius 2 is 1.74 bits per heavy atom. The Hall–Kier alpha value is -3.64. The second kappa shape index (κ2) is 8.86. The van der Waals surface area contributed by atoms with Crippen LogP contribution in [0.15, 0.2) is 54.9 Å². The number of carbonyl (C=O) groups is 1. The van der Waals surface area contributed by atoms with Crippen LogP contribution in [0.4, 0.5) is 0 Å². The summed E-state index contributed by atoms with van der Waals surface area (Å²) in [6.45, 7) is 2.09. The smallest absolute Gasteiger partial charge is 0.345 e. The Morgan fingerprint density at radius 3 is 2.51 bits per heavy atom. The lowest BCUT2D eigenvalue weighted by atomic mass is 9.82. The van der Waals surface area contributed by atoms with E-state index in [9.17, 15) is 4.79 Å². The van der Waals surface area contributed by atoms with Gasteiger partial charge in [-0.15, -0.1) is 0 Å². The molecule has 0 amide bonds. The van der Waals surface area contributed by atoms with Gasteiger partial charge in [-0.2, -0.15) is 0 Å². The molecule has 0 bridgehead atoms. The van der Waals surface area contributed by atoms with Gasteiger partial charge in [0, 0.05) is 25.0 Å². The molecule has 0 radical (unpaired) electrons. The molecule has 35 heavy (non-hydrogen) atoms. The van der Waals surface area contributed by atoms with Crippen LogP contribution >= 0.6 is 0 Å². The van der Waals surface area contributed by atoms with Gasteiger partial charge in [0.25, 0.3) is 0 Å². The highest BCUT2D eigenvalue weighted by atomic mass is 16.5. The monoisotopic (exact) mass is 468 g/mol. The molecule has 1 unspecified atom stereocenters. The first-order valence-corrected chi connectivity index (χ1v) is 12.2. The maximum atomic E-state index is 12.7. The molecule has 1 fully saturated rings. The molecular formula is C29H28N2O4. The number of hydrogen-bond donors (Lipinski definition) is 0. The van der Waals surface area contributed by atoms with E-state index < -0.39 is 5.97 Å². The third-order valence-corrected chi connectivity index (χ3v) is 7.48. The molecule has 3 aromatic carbocycles. The van der Waals surface area contributed by atoms with Crippen molar-refractivity contribution in [2.75, 3.05) is 20.8 Å². The van der Waals surface area contributed by atoms with Crippen LogP contribution in [0.1, 0.15) is 40.7 Å². The molecule has 6 nitrogen and oxygen atoms in total. The number of benzene rings is 3. The number of rotatable bonds is 4. The Labute approximate surface area is 204 Å². The maximum Gasteiger partial charge on any atom is 0.345 e. The van der Waals surface area contributed by atoms with E-state index in [0.29, 0.717) is 23.1 Å². The number of fused-ring (bicyclic) bond motifs is 7. The Bertz CT molecular complexity index is 1430. The summed E-state index contributed by atoms with van der Waals surface area (Å²) in [5.74, 6) is 1.50. The average molecular weight is 469 g/mol. The SMILES string of the molecule is COc1cc2c3c(c4ccc(OC(=O)c5cccnc5)cc4c2cc1OC)CN1CCCCC1C3. The minimum atomic E-state index is -0.421. The van der Waals surface area contributed by atoms with Crippen LogP contribution in [0.25, 0.3) is 21.5 Å². The number of esters is 1. The van der Waals surface area contributed by atoms with E-state index in [1.165, 1.54) is 47.4 Å². The van der Waals surface area contributed by atoms with Crippen molar-refractivity contribution in [1.82, 2.24) is 9.88 Å². The fraction of sp³-hybridized carbons (Fsp3) is 0.310. The highest BCUT2D eigenvalue weighted by molar-refractivity contribution is 6.12. The van der Waals surface area contributed by atoms with Crippen molar-refractivity contribution in [1.29, 1.82) is 0 Å². The number of carbonyl (C=O) groups excluding carboxylic acids is 1. The van der Waals surface area contributed by atoms with Crippen molar-refractivity contribution < 1.29 is 19.0 Å². The highest BCUT2D eigenvalue weighted by Crippen LogP contribution is 2.44. The molecule has 1 saturated heterocycles. The molecule has 1 atom stereocenters. The number of hydrogen-bond acceptors (Lipinski definition) is 6. The van der Waals surface area contributed by atoms with Gasteiger partial charge in [0.2, 0.25) is 0 Å². The van der Waals surface area contributed by atoms with E-state index in [0.717, 1.165) is 36.0 Å². The Kier molecular flexibility index (Phi) is 5.53. The molecule has 178 valence electrons. The number of nitrogens with zero attached hydrogens (tertiary/aromatic N) is 2. The van der Waals surface area contributed by atoms with Crippen LogP contribution in [0.2, 0.25) is 0 Å². The molecule has 2 aliphatic rings. The van der Waals surface area contributed by atoms with E-state index in [4.69, 9.17) is 14.2 Å². The van der Waals surface area contributed by atoms with Crippen LogP contribution in [0.5, 0.6) is 17.2 Å². The topological polar surface area (TPSA) is 60.9 Å². The summed E-state index contributed by atoms with van der Waals surface area (Å²) in [5.41, 5.74) is 3.19. The van der Waals surface area contributed by atoms with Gasteiger partial charge in [-0.3, -0.25) is 9.88 Å². The fourth-order valence-electron chi connectivity index (χ4n) is 5.75.